The number of benzene rings is 1. The van der Waals surface area contributed by atoms with Gasteiger partial charge >= 0.3 is 0 Å². The molecule has 0 aromatic heterocycles. The molecule has 1 rings (SSSR count). The van der Waals surface area contributed by atoms with Gasteiger partial charge in [0.1, 0.15) is 0 Å². The van der Waals surface area contributed by atoms with Crippen LogP contribution in [0.25, 0.3) is 0 Å². The number of thioether (sulfide) groups is 1. The van der Waals surface area contributed by atoms with Crippen LogP contribution in [0.3, 0.4) is 0 Å². The van der Waals surface area contributed by atoms with E-state index in [0.717, 1.165) is 5.75 Å². The quantitative estimate of drug-likeness (QED) is 0.801. The van der Waals surface area contributed by atoms with E-state index in [1.807, 2.05) is 6.92 Å². The number of nitrogens with one attached hydrogen (secondary N) is 1. The summed E-state index contributed by atoms with van der Waals surface area (Å²) in [5.41, 5.74) is 6.74. The first kappa shape index (κ1) is 12.2. The van der Waals surface area contributed by atoms with E-state index in [1.54, 1.807) is 30.0 Å². The minimum Gasteiger partial charge on any atom is -0.399 e. The van der Waals surface area contributed by atoms with Crippen molar-refractivity contribution in [1.29, 1.82) is 0 Å². The van der Waals surface area contributed by atoms with Crippen LogP contribution >= 0.6 is 23.4 Å². The van der Waals surface area contributed by atoms with Crippen LogP contribution in [-0.2, 0) is 4.79 Å². The molecule has 0 aliphatic carbocycles. The molecule has 1 aromatic carbocycles. The molecule has 0 bridgehead atoms. The molecule has 1 amide bonds. The summed E-state index contributed by atoms with van der Waals surface area (Å²) >= 11 is 7.46. The molecule has 3 N–H and O–H groups in total. The maximum atomic E-state index is 11.4. The maximum absolute atomic E-state index is 11.4. The number of nitrogen functional groups attached to an aromatic ring is 1. The largest absolute Gasteiger partial charge is 0.399 e. The number of carbonyl (C=O) groups is 1. The first-order chi connectivity index (χ1) is 7.13. The van der Waals surface area contributed by atoms with Crippen LogP contribution in [-0.4, -0.2) is 17.4 Å². The van der Waals surface area contributed by atoms with E-state index < -0.39 is 0 Å². The van der Waals surface area contributed by atoms with Crippen molar-refractivity contribution < 1.29 is 4.79 Å². The molecule has 0 radical (unpaired) electrons. The zero-order chi connectivity index (χ0) is 11.3. The fraction of sp³-hybridized carbons (Fsp3) is 0.300. The molecular formula is C10H13ClN2OS. The second-order valence-electron chi connectivity index (χ2n) is 2.92. The number of halogens is 1. The second kappa shape index (κ2) is 5.88. The highest BCUT2D eigenvalue weighted by Gasteiger charge is 2.05. The summed E-state index contributed by atoms with van der Waals surface area (Å²) in [5.74, 6) is 1.29. The minimum absolute atomic E-state index is 0.0608. The Labute approximate surface area is 98.4 Å². The third-order valence-electron chi connectivity index (χ3n) is 1.70. The molecule has 0 heterocycles. The number of anilines is 2. The molecule has 0 unspecified atom stereocenters. The first-order valence-corrected chi connectivity index (χ1v) is 6.09. The smallest absolute Gasteiger partial charge is 0.234 e. The zero-order valence-corrected chi connectivity index (χ0v) is 9.99. The number of carbonyl (C=O) groups excluding carboxylic acids is 1. The predicted molar refractivity (Wildman–Crippen MR) is 67.5 cm³/mol. The van der Waals surface area contributed by atoms with Crippen molar-refractivity contribution in [2.75, 3.05) is 22.6 Å². The summed E-state index contributed by atoms with van der Waals surface area (Å²) in [6.45, 7) is 2.01. The fourth-order valence-corrected chi connectivity index (χ4v) is 1.65. The summed E-state index contributed by atoms with van der Waals surface area (Å²) in [5, 5.41) is 3.21. The Balaban J connectivity index is 2.63. The van der Waals surface area contributed by atoms with E-state index in [4.69, 9.17) is 17.3 Å². The summed E-state index contributed by atoms with van der Waals surface area (Å²) < 4.78 is 0. The molecule has 15 heavy (non-hydrogen) atoms. The van der Waals surface area contributed by atoms with Gasteiger partial charge in [-0.1, -0.05) is 18.5 Å². The lowest BCUT2D eigenvalue weighted by molar-refractivity contribution is -0.113. The Bertz CT molecular complexity index is 357. The molecule has 0 aliphatic rings. The van der Waals surface area contributed by atoms with Crippen LogP contribution in [0.1, 0.15) is 6.92 Å². The Hall–Kier alpha value is -0.870. The van der Waals surface area contributed by atoms with Crippen LogP contribution in [0.15, 0.2) is 18.2 Å². The molecule has 82 valence electrons. The van der Waals surface area contributed by atoms with Crippen LogP contribution in [0.2, 0.25) is 5.02 Å². The fourth-order valence-electron chi connectivity index (χ4n) is 1.02. The lowest BCUT2D eigenvalue weighted by atomic mass is 10.3. The lowest BCUT2D eigenvalue weighted by Gasteiger charge is -2.07. The van der Waals surface area contributed by atoms with Crippen molar-refractivity contribution in [1.82, 2.24) is 0 Å². The van der Waals surface area contributed by atoms with Gasteiger partial charge in [-0.05, 0) is 24.0 Å². The van der Waals surface area contributed by atoms with Crippen LogP contribution in [0.5, 0.6) is 0 Å². The molecule has 0 fully saturated rings. The Morgan fingerprint density at radius 1 is 1.60 bits per heavy atom. The van der Waals surface area contributed by atoms with Crippen molar-refractivity contribution in [2.45, 2.75) is 6.92 Å². The molecule has 0 aliphatic heterocycles. The van der Waals surface area contributed by atoms with Crippen LogP contribution in [0.4, 0.5) is 11.4 Å². The van der Waals surface area contributed by atoms with Gasteiger partial charge in [0.25, 0.3) is 0 Å². The average Bonchev–Trinajstić information content (AvgIpc) is 2.20. The van der Waals surface area contributed by atoms with E-state index in [0.29, 0.717) is 22.2 Å². The van der Waals surface area contributed by atoms with E-state index >= 15 is 0 Å². The normalized spacial score (nSPS) is 10.0. The molecule has 5 heteroatoms. The van der Waals surface area contributed by atoms with Gasteiger partial charge in [0, 0.05) is 5.69 Å². The van der Waals surface area contributed by atoms with Gasteiger partial charge in [0.2, 0.25) is 5.91 Å². The third kappa shape index (κ3) is 4.01. The highest BCUT2D eigenvalue weighted by Crippen LogP contribution is 2.24. The van der Waals surface area contributed by atoms with E-state index in [2.05, 4.69) is 5.32 Å². The van der Waals surface area contributed by atoms with Crippen molar-refractivity contribution in [3.8, 4) is 0 Å². The number of hydrogen-bond acceptors (Lipinski definition) is 3. The molecule has 0 atom stereocenters. The zero-order valence-electron chi connectivity index (χ0n) is 8.42. The van der Waals surface area contributed by atoms with Gasteiger partial charge in [0.05, 0.1) is 16.5 Å². The molecule has 0 saturated carbocycles. The van der Waals surface area contributed by atoms with Gasteiger partial charge in [-0.3, -0.25) is 4.79 Å². The molecule has 0 saturated heterocycles. The molecule has 0 spiro atoms. The van der Waals surface area contributed by atoms with E-state index in [1.165, 1.54) is 0 Å². The second-order valence-corrected chi connectivity index (χ2v) is 4.61. The average molecular weight is 245 g/mol. The molecular weight excluding hydrogens is 232 g/mol. The number of rotatable bonds is 4. The minimum atomic E-state index is -0.0608. The van der Waals surface area contributed by atoms with Crippen molar-refractivity contribution >= 4 is 40.6 Å². The predicted octanol–water partition coefficient (Wildman–Crippen LogP) is 2.61. The van der Waals surface area contributed by atoms with Crippen LogP contribution in [0, 0.1) is 0 Å². The van der Waals surface area contributed by atoms with Crippen LogP contribution < -0.4 is 11.1 Å². The monoisotopic (exact) mass is 244 g/mol. The number of amides is 1. The van der Waals surface area contributed by atoms with Gasteiger partial charge in [-0.25, -0.2) is 0 Å². The Morgan fingerprint density at radius 3 is 3.00 bits per heavy atom. The summed E-state index contributed by atoms with van der Waals surface area (Å²) in [6.07, 6.45) is 0. The van der Waals surface area contributed by atoms with Crippen molar-refractivity contribution in [3.63, 3.8) is 0 Å². The van der Waals surface area contributed by atoms with Gasteiger partial charge < -0.3 is 11.1 Å². The number of nitrogens with two attached hydrogens (primary N) is 1. The molecule has 1 aromatic rings. The Kier molecular flexibility index (Phi) is 4.78. The number of hydrogen-bond donors (Lipinski definition) is 2. The van der Waals surface area contributed by atoms with Gasteiger partial charge in [0.15, 0.2) is 0 Å². The standard InChI is InChI=1S/C10H13ClN2OS/c1-2-15-6-10(14)13-9-5-7(12)3-4-8(9)11/h3-5H,2,6,12H2,1H3,(H,13,14). The summed E-state index contributed by atoms with van der Waals surface area (Å²) in [4.78, 5) is 11.4. The van der Waals surface area contributed by atoms with Crippen molar-refractivity contribution in [2.24, 2.45) is 0 Å². The van der Waals surface area contributed by atoms with Gasteiger partial charge in [-0.15, -0.1) is 0 Å². The van der Waals surface area contributed by atoms with Gasteiger partial charge in [-0.2, -0.15) is 11.8 Å². The first-order valence-electron chi connectivity index (χ1n) is 4.56. The topological polar surface area (TPSA) is 55.1 Å². The molecule has 3 nitrogen and oxygen atoms in total. The SMILES string of the molecule is CCSCC(=O)Nc1cc(N)ccc1Cl. The van der Waals surface area contributed by atoms with Crippen molar-refractivity contribution in [3.05, 3.63) is 23.2 Å². The highest BCUT2D eigenvalue weighted by molar-refractivity contribution is 7.99. The van der Waals surface area contributed by atoms with E-state index in [-0.39, 0.29) is 5.91 Å². The van der Waals surface area contributed by atoms with E-state index in [9.17, 15) is 4.79 Å². The maximum Gasteiger partial charge on any atom is 0.234 e. The summed E-state index contributed by atoms with van der Waals surface area (Å²) in [7, 11) is 0. The Morgan fingerprint density at radius 2 is 2.33 bits per heavy atom. The summed E-state index contributed by atoms with van der Waals surface area (Å²) in [6, 6.07) is 5.01. The lowest BCUT2D eigenvalue weighted by Crippen LogP contribution is -2.14. The highest BCUT2D eigenvalue weighted by atomic mass is 35.5. The third-order valence-corrected chi connectivity index (χ3v) is 2.91.